The normalized spacial score (nSPS) is 43.0. The minimum Gasteiger partial charge on any atom is -0.457 e. The Morgan fingerprint density at radius 3 is 1.18 bits per heavy atom. The number of carbonyl (C=O) groups excluding carboxylic acids is 6. The molecule has 14 rings (SSSR count). The van der Waals surface area contributed by atoms with Crippen LogP contribution in [0.2, 0.25) is 0 Å². The maximum Gasteiger partial charge on any atom is 0.333 e. The molecule has 3 heterocycles. The van der Waals surface area contributed by atoms with Gasteiger partial charge in [0, 0.05) is 51.6 Å². The third kappa shape index (κ3) is 8.49. The number of esters is 3. The Balaban J connectivity index is 0.000000120. The SMILES string of the molecule is C=C(C)C(=O)OC1CCC2CC1N(C(C)(C)C)C2=O.C=C(C)C(=O)OC1CCC2CC1N(C13CC4CC(CC(C4)C1)C3)C2=O.C=CC(=O)OC1CCC2CC1N(C13CC4CC(CC(C4)C1)C3)C2=O. The summed E-state index contributed by atoms with van der Waals surface area (Å²) in [5.41, 5.74) is 0.786. The second-order valence-electron chi connectivity index (χ2n) is 25.4. The monoisotopic (exact) mass is 938 g/mol. The average Bonchev–Trinajstić information content (AvgIpc) is 3.82. The molecular weight excluding hydrogens is 859 g/mol. The molecule has 14 fully saturated rings. The summed E-state index contributed by atoms with van der Waals surface area (Å²) in [5.74, 6) is 5.29. The Morgan fingerprint density at radius 1 is 0.515 bits per heavy atom. The van der Waals surface area contributed by atoms with E-state index >= 15 is 0 Å². The zero-order chi connectivity index (χ0) is 48.2. The van der Waals surface area contributed by atoms with Crippen LogP contribution < -0.4 is 0 Å². The first kappa shape index (κ1) is 47.7. The zero-order valence-corrected chi connectivity index (χ0v) is 41.7. The molecule has 11 saturated carbocycles. The Bertz CT molecular complexity index is 2050. The molecular formula is C56H79N3O9. The molecule has 0 radical (unpaired) electrons. The predicted molar refractivity (Wildman–Crippen MR) is 255 cm³/mol. The molecule has 0 aromatic carbocycles. The highest BCUT2D eigenvalue weighted by atomic mass is 16.6. The summed E-state index contributed by atoms with van der Waals surface area (Å²) in [6, 6.07) is 0.233. The summed E-state index contributed by atoms with van der Waals surface area (Å²) >= 11 is 0. The number of hydrogen-bond donors (Lipinski definition) is 0. The summed E-state index contributed by atoms with van der Waals surface area (Å²) < 4.78 is 17.0. The van der Waals surface area contributed by atoms with Gasteiger partial charge < -0.3 is 28.9 Å². The van der Waals surface area contributed by atoms with Crippen molar-refractivity contribution in [3.05, 3.63) is 37.0 Å². The van der Waals surface area contributed by atoms with Gasteiger partial charge in [-0.15, -0.1) is 0 Å². The van der Waals surface area contributed by atoms with E-state index in [4.69, 9.17) is 14.2 Å². The van der Waals surface area contributed by atoms with Crippen LogP contribution in [0.5, 0.6) is 0 Å². The van der Waals surface area contributed by atoms with Gasteiger partial charge in [0.25, 0.3) is 0 Å². The summed E-state index contributed by atoms with van der Waals surface area (Å²) in [6.07, 6.45) is 23.7. The van der Waals surface area contributed by atoms with Crippen LogP contribution in [0.4, 0.5) is 0 Å². The minimum absolute atomic E-state index is 0.0227. The van der Waals surface area contributed by atoms with Crippen LogP contribution in [0.25, 0.3) is 0 Å². The van der Waals surface area contributed by atoms with Crippen molar-refractivity contribution in [1.82, 2.24) is 14.7 Å². The molecule has 9 atom stereocenters. The molecule has 3 aliphatic heterocycles. The number of hydrogen-bond acceptors (Lipinski definition) is 9. The van der Waals surface area contributed by atoms with E-state index in [1.54, 1.807) is 13.8 Å². The molecule has 14 aliphatic rings. The van der Waals surface area contributed by atoms with Crippen molar-refractivity contribution in [2.75, 3.05) is 0 Å². The van der Waals surface area contributed by atoms with E-state index in [1.165, 1.54) is 83.1 Å². The number of ether oxygens (including phenoxy) is 3. The van der Waals surface area contributed by atoms with Crippen LogP contribution in [0.1, 0.15) is 169 Å². The van der Waals surface area contributed by atoms with Crippen molar-refractivity contribution in [3.63, 3.8) is 0 Å². The van der Waals surface area contributed by atoms with Gasteiger partial charge in [-0.25, -0.2) is 14.4 Å². The summed E-state index contributed by atoms with van der Waals surface area (Å²) in [6.45, 7) is 20.3. The van der Waals surface area contributed by atoms with Gasteiger partial charge in [-0.1, -0.05) is 19.7 Å². The minimum atomic E-state index is -0.350. The number of likely N-dealkylation sites (tertiary alicyclic amines) is 3. The highest BCUT2D eigenvalue weighted by Gasteiger charge is 2.63. The third-order valence-corrected chi connectivity index (χ3v) is 19.4. The van der Waals surface area contributed by atoms with E-state index in [-0.39, 0.29) is 94.6 Å². The van der Waals surface area contributed by atoms with Gasteiger partial charge in [-0.3, -0.25) is 14.4 Å². The lowest BCUT2D eigenvalue weighted by Gasteiger charge is -2.61. The standard InChI is InChI=1S/C21H29NO3.C20H27NO3.C15H23NO3/c1-12(2)20(24)25-18-4-3-16-8-17(18)22(19(16)23)21-9-13-5-14(10-21)7-15(6-13)11-21;1-2-18(22)24-17-4-3-15-8-16(17)21(19(15)23)20-9-12-5-13(10-20)7-14(6-12)11-20;1-9(2)14(18)19-12-7-6-10-8-11(12)16(13(10)17)15(3,4)5/h13-18H,1,3-11H2,2H3;2,12-17H,1,3-11H2;10-12H,1,6-8H2,2-5H3. The fourth-order valence-electron chi connectivity index (χ4n) is 17.7. The van der Waals surface area contributed by atoms with Crippen LogP contribution in [0.15, 0.2) is 37.0 Å². The molecule has 12 nitrogen and oxygen atoms in total. The Hall–Kier alpha value is -3.96. The molecule has 372 valence electrons. The van der Waals surface area contributed by atoms with Crippen molar-refractivity contribution in [2.24, 2.45) is 53.3 Å². The fourth-order valence-corrected chi connectivity index (χ4v) is 17.7. The van der Waals surface area contributed by atoms with E-state index in [0.717, 1.165) is 93.3 Å². The largest absolute Gasteiger partial charge is 0.457 e. The van der Waals surface area contributed by atoms with E-state index in [0.29, 0.717) is 23.0 Å². The number of fused-ring (bicyclic) bond motifs is 6. The molecule has 0 aromatic rings. The lowest BCUT2D eigenvalue weighted by molar-refractivity contribution is -0.162. The van der Waals surface area contributed by atoms with E-state index < -0.39 is 0 Å². The van der Waals surface area contributed by atoms with Crippen LogP contribution in [0.3, 0.4) is 0 Å². The van der Waals surface area contributed by atoms with Crippen LogP contribution in [-0.4, -0.2) is 103 Å². The molecule has 3 saturated heterocycles. The number of amides is 3. The average molecular weight is 938 g/mol. The Morgan fingerprint density at radius 2 is 0.838 bits per heavy atom. The second-order valence-corrected chi connectivity index (χ2v) is 25.4. The number of carbonyl (C=O) groups is 6. The van der Waals surface area contributed by atoms with E-state index in [9.17, 15) is 28.8 Å². The first-order valence-corrected chi connectivity index (χ1v) is 26.8. The highest BCUT2D eigenvalue weighted by molar-refractivity contribution is 5.88. The van der Waals surface area contributed by atoms with Gasteiger partial charge in [0.1, 0.15) is 18.3 Å². The maximum atomic E-state index is 13.2. The van der Waals surface area contributed by atoms with Crippen LogP contribution >= 0.6 is 0 Å². The van der Waals surface area contributed by atoms with E-state index in [2.05, 4.69) is 29.5 Å². The van der Waals surface area contributed by atoms with Crippen LogP contribution in [0, 0.1) is 53.3 Å². The maximum absolute atomic E-state index is 13.2. The Kier molecular flexibility index (Phi) is 12.4. The first-order valence-electron chi connectivity index (χ1n) is 26.8. The van der Waals surface area contributed by atoms with Gasteiger partial charge in [0.15, 0.2) is 0 Å². The summed E-state index contributed by atoms with van der Waals surface area (Å²) in [5, 5.41) is 0. The number of rotatable bonds is 8. The summed E-state index contributed by atoms with van der Waals surface area (Å²) in [4.78, 5) is 80.8. The predicted octanol–water partition coefficient (Wildman–Crippen LogP) is 8.80. The molecule has 3 amide bonds. The molecule has 68 heavy (non-hydrogen) atoms. The summed E-state index contributed by atoms with van der Waals surface area (Å²) in [7, 11) is 0. The third-order valence-electron chi connectivity index (χ3n) is 19.4. The highest BCUT2D eigenvalue weighted by Crippen LogP contribution is 2.62. The van der Waals surface area contributed by atoms with E-state index in [1.807, 2.05) is 25.7 Å². The second kappa shape index (κ2) is 17.7. The van der Waals surface area contributed by atoms with Crippen molar-refractivity contribution in [1.29, 1.82) is 0 Å². The van der Waals surface area contributed by atoms with Gasteiger partial charge in [-0.2, -0.15) is 0 Å². The first-order chi connectivity index (χ1) is 32.2. The lowest BCUT2D eigenvalue weighted by Crippen LogP contribution is -2.63. The smallest absolute Gasteiger partial charge is 0.333 e. The quantitative estimate of drug-likeness (QED) is 0.133. The van der Waals surface area contributed by atoms with Crippen LogP contribution in [-0.2, 0) is 43.0 Å². The Labute approximate surface area is 404 Å². The molecule has 0 spiro atoms. The van der Waals surface area contributed by atoms with Crippen molar-refractivity contribution in [2.45, 2.75) is 223 Å². The molecule has 9 unspecified atom stereocenters. The molecule has 12 heteroatoms. The van der Waals surface area contributed by atoms with Gasteiger partial charge >= 0.3 is 17.9 Å². The van der Waals surface area contributed by atoms with Gasteiger partial charge in [0.2, 0.25) is 17.7 Å². The topological polar surface area (TPSA) is 140 Å². The van der Waals surface area contributed by atoms with Gasteiger partial charge in [-0.05, 0) is 205 Å². The molecule has 14 bridgehead atoms. The van der Waals surface area contributed by atoms with Gasteiger partial charge in [0.05, 0.1) is 18.1 Å². The zero-order valence-electron chi connectivity index (χ0n) is 41.7. The van der Waals surface area contributed by atoms with Crippen molar-refractivity contribution in [3.8, 4) is 0 Å². The van der Waals surface area contributed by atoms with Crippen molar-refractivity contribution < 1.29 is 43.0 Å². The molecule has 0 aromatic heterocycles. The lowest BCUT2D eigenvalue weighted by atomic mass is 9.52. The molecule has 0 N–H and O–H groups in total. The number of nitrogens with zero attached hydrogens (tertiary/aromatic N) is 3. The molecule has 11 aliphatic carbocycles. The fraction of sp³-hybridized carbons (Fsp3) is 0.786. The van der Waals surface area contributed by atoms with Crippen molar-refractivity contribution >= 4 is 35.6 Å².